The summed E-state index contributed by atoms with van der Waals surface area (Å²) in [6.07, 6.45) is 0. The zero-order chi connectivity index (χ0) is 6.85. The van der Waals surface area contributed by atoms with Crippen LogP contribution in [0.3, 0.4) is 0 Å². The van der Waals surface area contributed by atoms with E-state index in [2.05, 4.69) is 0 Å². The van der Waals surface area contributed by atoms with Crippen molar-refractivity contribution < 1.29 is 46.4 Å². The summed E-state index contributed by atoms with van der Waals surface area (Å²) in [7, 11) is 0. The van der Waals surface area contributed by atoms with Crippen LogP contribution in [0.25, 0.3) is 0 Å². The van der Waals surface area contributed by atoms with Crippen LogP contribution in [0.4, 0.5) is 0 Å². The summed E-state index contributed by atoms with van der Waals surface area (Å²) < 4.78 is 0. The summed E-state index contributed by atoms with van der Waals surface area (Å²) in [6, 6.07) is 5.51. The van der Waals surface area contributed by atoms with Gasteiger partial charge in [-0.05, 0) is 37.1 Å². The Hall–Kier alpha value is 0.384. The molecule has 0 aliphatic heterocycles. The van der Waals surface area contributed by atoms with Crippen molar-refractivity contribution in [1.29, 1.82) is 0 Å². The quantitative estimate of drug-likeness (QED) is 0.759. The minimum Gasteiger partial charge on any atom is -0.508 e. The number of hydrogen-bond donors (Lipinski definition) is 1. The maximum Gasteiger partial charge on any atom is 0.116 e. The molecule has 1 nitrogen and oxygen atoms in total. The molecule has 2 heteroatoms. The fourth-order valence-corrected chi connectivity index (χ4v) is 0.951. The number of aromatic hydroxyl groups is 1. The van der Waals surface area contributed by atoms with Crippen LogP contribution >= 0.6 is 0 Å². The van der Waals surface area contributed by atoms with E-state index in [1.807, 2.05) is 19.9 Å². The molecular weight excluding hydrogens is 253 g/mol. The van der Waals surface area contributed by atoms with Gasteiger partial charge in [0.15, 0.2) is 0 Å². The van der Waals surface area contributed by atoms with Crippen LogP contribution in [0.15, 0.2) is 18.2 Å². The monoisotopic (exact) mass is 263 g/mol. The second-order valence-corrected chi connectivity index (χ2v) is 2.35. The molecule has 0 heterocycles. The number of benzene rings is 1. The molecule has 0 aliphatic rings. The number of phenols is 1. The minimum absolute atomic E-state index is 0. The fraction of sp³-hybridized carbons (Fsp3) is 0.250. The van der Waals surface area contributed by atoms with Crippen LogP contribution in [-0.2, 0) is 0 Å². The summed E-state index contributed by atoms with van der Waals surface area (Å²) in [6.45, 7) is 3.93. The van der Waals surface area contributed by atoms with Gasteiger partial charge in [-0.2, -0.15) is 0 Å². The first-order chi connectivity index (χ1) is 4.18. The Bertz CT molecular complexity index is 170. The van der Waals surface area contributed by atoms with Gasteiger partial charge in [0.2, 0.25) is 0 Å². The van der Waals surface area contributed by atoms with Gasteiger partial charge in [0.05, 0.1) is 0 Å². The van der Waals surface area contributed by atoms with Gasteiger partial charge in [-0.1, -0.05) is 6.07 Å². The molecule has 0 bridgehead atoms. The van der Waals surface area contributed by atoms with Gasteiger partial charge in [-0.15, -0.1) is 0 Å². The van der Waals surface area contributed by atoms with Gasteiger partial charge >= 0.3 is 0 Å². The predicted octanol–water partition coefficient (Wildman–Crippen LogP) is 2.01. The predicted molar refractivity (Wildman–Crippen MR) is 37.6 cm³/mol. The molecule has 0 spiro atoms. The SMILES string of the molecule is Cc1cc(C)cc(O)c1.[Pr]. The van der Waals surface area contributed by atoms with Crippen molar-refractivity contribution in [3.05, 3.63) is 29.3 Å². The Labute approximate surface area is 94.4 Å². The van der Waals surface area contributed by atoms with E-state index in [1.165, 1.54) is 0 Å². The molecule has 0 atom stereocenters. The van der Waals surface area contributed by atoms with Gasteiger partial charge in [-0.3, -0.25) is 0 Å². The Morgan fingerprint density at radius 2 is 1.40 bits per heavy atom. The van der Waals surface area contributed by atoms with E-state index in [9.17, 15) is 0 Å². The number of aryl methyl sites for hydroxylation is 2. The van der Waals surface area contributed by atoms with Gasteiger partial charge in [-0.25, -0.2) is 0 Å². The first kappa shape index (κ1) is 10.4. The molecule has 1 aromatic rings. The Balaban J connectivity index is 0.000000810. The first-order valence-electron chi connectivity index (χ1n) is 2.96. The number of hydrogen-bond acceptors (Lipinski definition) is 1. The minimum atomic E-state index is 0. The molecule has 1 N–H and O–H groups in total. The van der Waals surface area contributed by atoms with Crippen molar-refractivity contribution in [3.63, 3.8) is 0 Å². The number of phenolic OH excluding ortho intramolecular Hbond substituents is 1. The van der Waals surface area contributed by atoms with Crippen molar-refractivity contribution in [1.82, 2.24) is 0 Å². The molecule has 0 saturated heterocycles. The van der Waals surface area contributed by atoms with E-state index in [0.717, 1.165) is 11.1 Å². The summed E-state index contributed by atoms with van der Waals surface area (Å²) >= 11 is 0. The first-order valence-corrected chi connectivity index (χ1v) is 2.96. The van der Waals surface area contributed by atoms with Gasteiger partial charge < -0.3 is 5.11 Å². The third-order valence-electron chi connectivity index (χ3n) is 1.21. The number of rotatable bonds is 0. The Morgan fingerprint density at radius 3 is 1.70 bits per heavy atom. The van der Waals surface area contributed by atoms with Gasteiger partial charge in [0.25, 0.3) is 0 Å². The Morgan fingerprint density at radius 1 is 1.00 bits per heavy atom. The van der Waals surface area contributed by atoms with Crippen LogP contribution in [0.2, 0.25) is 0 Å². The van der Waals surface area contributed by atoms with Crippen molar-refractivity contribution in [3.8, 4) is 5.75 Å². The Kier molecular flexibility index (Phi) is 4.47. The van der Waals surface area contributed by atoms with E-state index in [-0.39, 0.29) is 41.3 Å². The summed E-state index contributed by atoms with van der Waals surface area (Å²) in [5.41, 5.74) is 2.21. The van der Waals surface area contributed by atoms with E-state index < -0.39 is 0 Å². The van der Waals surface area contributed by atoms with Crippen LogP contribution in [0.5, 0.6) is 5.75 Å². The van der Waals surface area contributed by atoms with E-state index in [4.69, 9.17) is 5.11 Å². The van der Waals surface area contributed by atoms with E-state index in [0.29, 0.717) is 5.75 Å². The normalized spacial score (nSPS) is 8.60. The second kappa shape index (κ2) is 4.30. The zero-order valence-corrected chi connectivity index (χ0v) is 9.96. The van der Waals surface area contributed by atoms with Crippen molar-refractivity contribution in [2.45, 2.75) is 13.8 Å². The average molecular weight is 263 g/mol. The third kappa shape index (κ3) is 2.98. The van der Waals surface area contributed by atoms with Crippen LogP contribution in [0, 0.1) is 55.1 Å². The maximum atomic E-state index is 8.99. The molecular formula is C8H10OPr. The van der Waals surface area contributed by atoms with Gasteiger partial charge in [0, 0.05) is 41.3 Å². The maximum absolute atomic E-state index is 8.99. The molecule has 0 aliphatic carbocycles. The summed E-state index contributed by atoms with van der Waals surface area (Å²) in [5, 5.41) is 8.99. The zero-order valence-electron chi connectivity index (χ0n) is 6.26. The summed E-state index contributed by atoms with van der Waals surface area (Å²) in [4.78, 5) is 0. The molecule has 1 radical (unpaired) electrons. The van der Waals surface area contributed by atoms with E-state index in [1.54, 1.807) is 12.1 Å². The molecule has 1 rings (SSSR count). The van der Waals surface area contributed by atoms with Crippen LogP contribution in [0.1, 0.15) is 11.1 Å². The fourth-order valence-electron chi connectivity index (χ4n) is 0.951. The van der Waals surface area contributed by atoms with E-state index >= 15 is 0 Å². The molecule has 0 unspecified atom stereocenters. The van der Waals surface area contributed by atoms with Crippen LogP contribution in [-0.4, -0.2) is 5.11 Å². The largest absolute Gasteiger partial charge is 0.508 e. The molecule has 1 aromatic carbocycles. The molecule has 10 heavy (non-hydrogen) atoms. The van der Waals surface area contributed by atoms with Gasteiger partial charge in [0.1, 0.15) is 5.75 Å². The van der Waals surface area contributed by atoms with Crippen molar-refractivity contribution in [2.24, 2.45) is 0 Å². The van der Waals surface area contributed by atoms with Crippen LogP contribution < -0.4 is 0 Å². The second-order valence-electron chi connectivity index (χ2n) is 2.35. The molecule has 0 saturated carbocycles. The standard InChI is InChI=1S/C8H10O.Pr/c1-6-3-7(2)5-8(9)4-6;/h3-5,9H,1-2H3;. The third-order valence-corrected chi connectivity index (χ3v) is 1.21. The molecule has 0 amide bonds. The summed E-state index contributed by atoms with van der Waals surface area (Å²) in [5.74, 6) is 0.354. The molecule has 0 fully saturated rings. The van der Waals surface area contributed by atoms with Crippen molar-refractivity contribution in [2.75, 3.05) is 0 Å². The topological polar surface area (TPSA) is 20.2 Å². The molecule has 0 aromatic heterocycles. The molecule has 51 valence electrons. The smallest absolute Gasteiger partial charge is 0.116 e. The van der Waals surface area contributed by atoms with Crippen molar-refractivity contribution >= 4 is 0 Å². The average Bonchev–Trinajstić information content (AvgIpc) is 1.59.